The number of anilines is 1. The largest absolute Gasteiger partial charge is 0.433 e. The summed E-state index contributed by atoms with van der Waals surface area (Å²) >= 11 is 0. The number of likely N-dealkylation sites (tertiary alicyclic amines) is 1. The first kappa shape index (κ1) is 29.4. The number of aryl methyl sites for hydroxylation is 3. The number of hydrogen-bond donors (Lipinski definition) is 1. The molecule has 1 saturated carbocycles. The molecule has 2 aliphatic rings. The first-order valence-electron chi connectivity index (χ1n) is 14.1. The predicted molar refractivity (Wildman–Crippen MR) is 155 cm³/mol. The lowest BCUT2D eigenvalue weighted by atomic mass is 10.0. The van der Waals surface area contributed by atoms with Crippen LogP contribution in [0.1, 0.15) is 59.8 Å². The number of Topliss-reactive ketones (excluding diaryl/α,β-unsaturated/α-hetero) is 1. The molecule has 44 heavy (non-hydrogen) atoms. The summed E-state index contributed by atoms with van der Waals surface area (Å²) < 4.78 is 41.5. The van der Waals surface area contributed by atoms with Crippen molar-refractivity contribution < 1.29 is 27.6 Å². The van der Waals surface area contributed by atoms with Gasteiger partial charge in [-0.05, 0) is 63.6 Å². The number of amides is 2. The lowest BCUT2D eigenvalue weighted by Crippen LogP contribution is -2.46. The fraction of sp³-hybridized carbons (Fsp3) is 0.387. The van der Waals surface area contributed by atoms with Crippen LogP contribution in [0.2, 0.25) is 0 Å². The van der Waals surface area contributed by atoms with E-state index in [4.69, 9.17) is 4.98 Å². The van der Waals surface area contributed by atoms with Crippen LogP contribution < -0.4 is 5.32 Å². The van der Waals surface area contributed by atoms with Crippen LogP contribution in [0.25, 0.3) is 22.2 Å². The van der Waals surface area contributed by atoms with Gasteiger partial charge in [0.25, 0.3) is 0 Å². The molecule has 1 N–H and O–H groups in total. The summed E-state index contributed by atoms with van der Waals surface area (Å²) in [5.41, 5.74) is 1.89. The second-order valence-electron chi connectivity index (χ2n) is 12.0. The number of nitrogens with one attached hydrogen (secondary N) is 1. The minimum absolute atomic E-state index is 0.156. The Kier molecular flexibility index (Phi) is 6.82. The van der Waals surface area contributed by atoms with Gasteiger partial charge in [-0.25, -0.2) is 15.0 Å². The molecule has 0 spiro atoms. The molecule has 1 aliphatic heterocycles. The maximum absolute atomic E-state index is 13.9. The van der Waals surface area contributed by atoms with Gasteiger partial charge >= 0.3 is 6.18 Å². The summed E-state index contributed by atoms with van der Waals surface area (Å²) in [5.74, 6) is -0.696. The van der Waals surface area contributed by atoms with Gasteiger partial charge in [-0.1, -0.05) is 13.0 Å². The molecule has 228 valence electrons. The predicted octanol–water partition coefficient (Wildman–Crippen LogP) is 5.05. The SMILES string of the molecule is CC(=O)c1cn(CC(=O)N2C3C[C@]3(C)C[C@H]2C(=O)Nc2nc(C(F)(F)F)ccc2C)c2c(C)nc(-c3cnc(C)nc3)cc12. The highest BCUT2D eigenvalue weighted by atomic mass is 19.4. The minimum Gasteiger partial charge on any atom is -0.336 e. The van der Waals surface area contributed by atoms with Crippen LogP contribution in [0.15, 0.2) is 36.8 Å². The third-order valence-corrected chi connectivity index (χ3v) is 8.65. The van der Waals surface area contributed by atoms with Gasteiger partial charge in [-0.3, -0.25) is 19.4 Å². The molecule has 1 aliphatic carbocycles. The van der Waals surface area contributed by atoms with Gasteiger partial charge in [-0.2, -0.15) is 13.2 Å². The molecule has 10 nitrogen and oxygen atoms in total. The third-order valence-electron chi connectivity index (χ3n) is 8.65. The van der Waals surface area contributed by atoms with E-state index in [0.717, 1.165) is 12.5 Å². The Labute approximate surface area is 250 Å². The zero-order valence-corrected chi connectivity index (χ0v) is 24.8. The Balaban J connectivity index is 1.30. The fourth-order valence-corrected chi connectivity index (χ4v) is 6.20. The van der Waals surface area contributed by atoms with Gasteiger partial charge in [0.15, 0.2) is 5.78 Å². The van der Waals surface area contributed by atoms with Crippen LogP contribution >= 0.6 is 0 Å². The number of piperidine rings is 1. The molecule has 2 fully saturated rings. The van der Waals surface area contributed by atoms with E-state index in [9.17, 15) is 27.6 Å². The Hall–Kier alpha value is -4.68. The first-order valence-corrected chi connectivity index (χ1v) is 14.1. The Bertz CT molecular complexity index is 1850. The Morgan fingerprint density at radius 2 is 1.77 bits per heavy atom. The molecule has 6 rings (SSSR count). The standard InChI is InChI=1S/C31H30F3N7O3/c1-15-6-7-24(31(32,33)34)38-28(15)39-29(44)23-9-30(5)10-25(30)41(23)26(43)14-40-13-21(17(3)42)20-8-22(37-16(2)27(20)40)19-11-35-18(4)36-12-19/h6-8,11-13,23,25H,9-10,14H2,1-5H3,(H,38,39,44)/t23-,25?,30-/m0/s1. The van der Waals surface area contributed by atoms with E-state index >= 15 is 0 Å². The summed E-state index contributed by atoms with van der Waals surface area (Å²) in [6, 6.07) is 2.82. The van der Waals surface area contributed by atoms with E-state index < -0.39 is 23.8 Å². The number of halogens is 3. The number of pyridine rings is 2. The molecule has 3 atom stereocenters. The summed E-state index contributed by atoms with van der Waals surface area (Å²) in [5, 5.41) is 3.17. The van der Waals surface area contributed by atoms with Crippen LogP contribution in [-0.2, 0) is 22.3 Å². The van der Waals surface area contributed by atoms with Gasteiger partial charge in [0, 0.05) is 41.1 Å². The number of fused-ring (bicyclic) bond motifs is 2. The number of nitrogens with zero attached hydrogens (tertiary/aromatic N) is 6. The highest BCUT2D eigenvalue weighted by molar-refractivity contribution is 6.08. The highest BCUT2D eigenvalue weighted by Crippen LogP contribution is 2.59. The lowest BCUT2D eigenvalue weighted by Gasteiger charge is -2.27. The van der Waals surface area contributed by atoms with E-state index in [-0.39, 0.29) is 35.5 Å². The van der Waals surface area contributed by atoms with Crippen molar-refractivity contribution in [1.29, 1.82) is 0 Å². The number of aromatic nitrogens is 5. The highest BCUT2D eigenvalue weighted by Gasteiger charge is 2.64. The normalized spacial score (nSPS) is 21.0. The topological polar surface area (TPSA) is 123 Å². The Morgan fingerprint density at radius 3 is 2.43 bits per heavy atom. The molecule has 0 aromatic carbocycles. The minimum atomic E-state index is -4.67. The summed E-state index contributed by atoms with van der Waals surface area (Å²) in [4.78, 5) is 58.4. The van der Waals surface area contributed by atoms with E-state index in [1.165, 1.54) is 13.0 Å². The molecular formula is C31H30F3N7O3. The quantitative estimate of drug-likeness (QED) is 0.305. The van der Waals surface area contributed by atoms with Crippen molar-refractivity contribution in [3.8, 4) is 11.3 Å². The smallest absolute Gasteiger partial charge is 0.336 e. The molecule has 4 aromatic rings. The third kappa shape index (κ3) is 5.09. The van der Waals surface area contributed by atoms with E-state index in [0.29, 0.717) is 51.2 Å². The molecule has 4 aromatic heterocycles. The average molecular weight is 606 g/mol. The molecule has 1 saturated heterocycles. The lowest BCUT2D eigenvalue weighted by molar-refractivity contribution is -0.141. The number of carbonyl (C=O) groups excluding carboxylic acids is 3. The Morgan fingerprint density at radius 1 is 1.07 bits per heavy atom. The molecule has 5 heterocycles. The average Bonchev–Trinajstić information content (AvgIpc) is 3.30. The zero-order chi connectivity index (χ0) is 31.7. The van der Waals surface area contributed by atoms with Crippen molar-refractivity contribution in [2.24, 2.45) is 5.41 Å². The van der Waals surface area contributed by atoms with Crippen molar-refractivity contribution in [1.82, 2.24) is 29.4 Å². The summed E-state index contributed by atoms with van der Waals surface area (Å²) in [6.07, 6.45) is 1.37. The number of carbonyl (C=O) groups is 3. The van der Waals surface area contributed by atoms with E-state index in [2.05, 4.69) is 20.3 Å². The van der Waals surface area contributed by atoms with Crippen molar-refractivity contribution in [3.05, 3.63) is 65.1 Å². The van der Waals surface area contributed by atoms with Crippen molar-refractivity contribution in [3.63, 3.8) is 0 Å². The van der Waals surface area contributed by atoms with E-state index in [1.807, 2.05) is 6.92 Å². The van der Waals surface area contributed by atoms with Crippen LogP contribution in [0, 0.1) is 26.2 Å². The number of ketones is 1. The van der Waals surface area contributed by atoms with Crippen LogP contribution in [0.5, 0.6) is 0 Å². The number of rotatable bonds is 6. The van der Waals surface area contributed by atoms with Crippen LogP contribution in [0.4, 0.5) is 19.0 Å². The van der Waals surface area contributed by atoms with Gasteiger partial charge < -0.3 is 14.8 Å². The molecule has 0 bridgehead atoms. The second kappa shape index (κ2) is 10.2. The monoisotopic (exact) mass is 605 g/mol. The van der Waals surface area contributed by atoms with E-state index in [1.54, 1.807) is 54.9 Å². The zero-order valence-electron chi connectivity index (χ0n) is 24.8. The van der Waals surface area contributed by atoms with Gasteiger partial charge in [0.2, 0.25) is 11.8 Å². The van der Waals surface area contributed by atoms with Gasteiger partial charge in [0.05, 0.1) is 16.9 Å². The number of alkyl halides is 3. The van der Waals surface area contributed by atoms with Gasteiger partial charge in [0.1, 0.15) is 29.9 Å². The molecule has 2 amide bonds. The second-order valence-corrected chi connectivity index (χ2v) is 12.0. The van der Waals surface area contributed by atoms with Crippen LogP contribution in [0.3, 0.4) is 0 Å². The molecule has 1 unspecified atom stereocenters. The van der Waals surface area contributed by atoms with Crippen LogP contribution in [-0.4, -0.2) is 59.1 Å². The summed E-state index contributed by atoms with van der Waals surface area (Å²) in [6.45, 7) is 8.40. The molecule has 0 radical (unpaired) electrons. The first-order chi connectivity index (χ1) is 20.7. The van der Waals surface area contributed by atoms with Crippen molar-refractivity contribution in [2.75, 3.05) is 5.32 Å². The number of hydrogen-bond acceptors (Lipinski definition) is 7. The fourth-order valence-electron chi connectivity index (χ4n) is 6.20. The van der Waals surface area contributed by atoms with Gasteiger partial charge in [-0.15, -0.1) is 0 Å². The maximum atomic E-state index is 13.9. The molecule has 13 heteroatoms. The van der Waals surface area contributed by atoms with Crippen molar-refractivity contribution in [2.45, 2.75) is 72.3 Å². The molecular weight excluding hydrogens is 575 g/mol. The van der Waals surface area contributed by atoms with Crippen molar-refractivity contribution >= 4 is 34.3 Å². The maximum Gasteiger partial charge on any atom is 0.433 e. The summed E-state index contributed by atoms with van der Waals surface area (Å²) in [7, 11) is 0.